The highest BCUT2D eigenvalue weighted by molar-refractivity contribution is 5.94. The van der Waals surface area contributed by atoms with Crippen LogP contribution in [0.2, 0.25) is 0 Å². The summed E-state index contributed by atoms with van der Waals surface area (Å²) in [6.07, 6.45) is 3.61. The topological polar surface area (TPSA) is 102 Å². The van der Waals surface area contributed by atoms with Gasteiger partial charge >= 0.3 is 0 Å². The van der Waals surface area contributed by atoms with E-state index in [4.69, 9.17) is 4.74 Å². The van der Waals surface area contributed by atoms with Gasteiger partial charge in [-0.1, -0.05) is 24.3 Å². The van der Waals surface area contributed by atoms with Gasteiger partial charge in [-0.3, -0.25) is 4.79 Å². The van der Waals surface area contributed by atoms with Crippen LogP contribution in [-0.2, 0) is 11.8 Å². The third-order valence-corrected chi connectivity index (χ3v) is 9.41. The first-order chi connectivity index (χ1) is 16.4. The van der Waals surface area contributed by atoms with Crippen LogP contribution in [0.3, 0.4) is 0 Å². The second-order valence-electron chi connectivity index (χ2n) is 11.1. The third-order valence-electron chi connectivity index (χ3n) is 9.41. The Morgan fingerprint density at radius 3 is 2.71 bits per heavy atom. The van der Waals surface area contributed by atoms with Gasteiger partial charge in [0.1, 0.15) is 17.7 Å². The van der Waals surface area contributed by atoms with Gasteiger partial charge in [0.25, 0.3) is 5.91 Å². The van der Waals surface area contributed by atoms with Crippen LogP contribution in [0, 0.1) is 11.1 Å². The number of nitrogens with zero attached hydrogens (tertiary/aromatic N) is 1. The van der Waals surface area contributed by atoms with Crippen LogP contribution in [0.5, 0.6) is 11.5 Å². The number of hydrogen-bond acceptors (Lipinski definition) is 5. The van der Waals surface area contributed by atoms with Gasteiger partial charge in [0.15, 0.2) is 11.5 Å². The van der Waals surface area contributed by atoms with E-state index in [1.807, 2.05) is 24.3 Å². The quantitative estimate of drug-likeness (QED) is 0.479. The molecule has 2 aromatic carbocycles. The maximum Gasteiger partial charge on any atom is 0.251 e. The molecule has 1 spiro atoms. The molecule has 0 aromatic heterocycles. The van der Waals surface area contributed by atoms with Gasteiger partial charge in [0, 0.05) is 29.9 Å². The molecule has 2 aromatic rings. The number of hydrogen-bond donors (Lipinski definition) is 3. The molecule has 2 saturated carbocycles. The van der Waals surface area contributed by atoms with Crippen molar-refractivity contribution in [2.24, 2.45) is 5.92 Å². The predicted molar refractivity (Wildman–Crippen MR) is 124 cm³/mol. The molecule has 7 nitrogen and oxygen atoms in total. The normalized spacial score (nSPS) is 39.2. The first kappa shape index (κ1) is 20.7. The van der Waals surface area contributed by atoms with Crippen molar-refractivity contribution in [1.29, 1.82) is 0 Å². The summed E-state index contributed by atoms with van der Waals surface area (Å²) in [5.41, 5.74) is 0.403. The smallest absolute Gasteiger partial charge is 0.251 e. The fourth-order valence-corrected chi connectivity index (χ4v) is 7.75. The number of phenols is 1. The molecule has 178 valence electrons. The molecule has 2 unspecified atom stereocenters. The number of aromatic hydroxyl groups is 1. The van der Waals surface area contributed by atoms with Gasteiger partial charge in [-0.2, -0.15) is 0 Å². The monoisotopic (exact) mass is 462 g/mol. The molecule has 0 radical (unpaired) electrons. The van der Waals surface area contributed by atoms with Crippen LogP contribution >= 0.6 is 0 Å². The van der Waals surface area contributed by atoms with Crippen LogP contribution in [0.25, 0.3) is 0 Å². The average molecular weight is 463 g/mol. The van der Waals surface area contributed by atoms with Crippen molar-refractivity contribution in [1.82, 2.24) is 5.32 Å². The minimum Gasteiger partial charge on any atom is -0.632 e. The highest BCUT2D eigenvalue weighted by Gasteiger charge is 2.76. The lowest BCUT2D eigenvalue weighted by Crippen LogP contribution is -2.81. The Hall–Kier alpha value is -2.61. The fraction of sp³-hybridized carbons (Fsp3) is 0.519. The molecule has 7 heteroatoms. The lowest BCUT2D eigenvalue weighted by Gasteiger charge is -2.68. The van der Waals surface area contributed by atoms with E-state index in [1.165, 1.54) is 0 Å². The van der Waals surface area contributed by atoms with Gasteiger partial charge in [0.2, 0.25) is 0 Å². The Morgan fingerprint density at radius 1 is 1.15 bits per heavy atom. The summed E-state index contributed by atoms with van der Waals surface area (Å²) in [4.78, 5) is 13.1. The number of nitrogens with one attached hydrogen (secondary N) is 1. The first-order valence-corrected chi connectivity index (χ1v) is 12.5. The summed E-state index contributed by atoms with van der Waals surface area (Å²) in [6.45, 7) is 1.00. The van der Waals surface area contributed by atoms with E-state index in [9.17, 15) is 20.2 Å². The molecule has 3 N–H and O–H groups in total. The molecule has 2 bridgehead atoms. The van der Waals surface area contributed by atoms with Crippen molar-refractivity contribution in [2.75, 3.05) is 13.1 Å². The van der Waals surface area contributed by atoms with Crippen LogP contribution in [0.15, 0.2) is 42.5 Å². The van der Waals surface area contributed by atoms with E-state index in [-0.39, 0.29) is 22.3 Å². The van der Waals surface area contributed by atoms with Crippen LogP contribution < -0.4 is 10.1 Å². The Labute approximate surface area is 198 Å². The second-order valence-corrected chi connectivity index (χ2v) is 11.1. The summed E-state index contributed by atoms with van der Waals surface area (Å²) in [7, 11) is 0. The van der Waals surface area contributed by atoms with Gasteiger partial charge < -0.3 is 30.1 Å². The van der Waals surface area contributed by atoms with Crippen molar-refractivity contribution in [2.45, 2.75) is 67.7 Å². The van der Waals surface area contributed by atoms with Crippen molar-refractivity contribution in [3.05, 3.63) is 64.4 Å². The summed E-state index contributed by atoms with van der Waals surface area (Å²) in [5.74, 6) is 0.766. The largest absolute Gasteiger partial charge is 0.632 e. The number of rotatable bonds is 4. The summed E-state index contributed by atoms with van der Waals surface area (Å²) in [6, 6.07) is 11.8. The molecular formula is C27H30N2O5. The third kappa shape index (κ3) is 2.55. The number of piperidine rings is 1. The predicted octanol–water partition coefficient (Wildman–Crippen LogP) is 2.77. The highest BCUT2D eigenvalue weighted by Crippen LogP contribution is 2.66. The van der Waals surface area contributed by atoms with Crippen molar-refractivity contribution >= 4 is 5.91 Å². The standard InChI is InChI=1S/C27H30N2O5/c30-20-9-8-18-14-21-27(32)11-10-19(28-25(31)17-4-2-1-3-5-17)24-26(27,22(18)23(20)34-24)12-13-29(21,33)15-16-6-7-16/h1-5,8-9,16,19,21,24,30,32H,6-7,10-15H2,(H,28,31)/t19-,21+,24-,26?,27+,29?/m0/s1. The molecule has 3 aliphatic carbocycles. The number of phenolic OH excluding ortho intramolecular Hbond substituents is 1. The number of ether oxygens (including phenoxy) is 1. The minimum absolute atomic E-state index is 0.0582. The number of hydroxylamine groups is 3. The second kappa shape index (κ2) is 6.74. The van der Waals surface area contributed by atoms with E-state index in [0.717, 1.165) is 24.0 Å². The fourth-order valence-electron chi connectivity index (χ4n) is 7.75. The number of aliphatic hydroxyl groups is 1. The molecule has 2 heterocycles. The lowest BCUT2D eigenvalue weighted by atomic mass is 9.48. The van der Waals surface area contributed by atoms with Crippen LogP contribution in [0.1, 0.15) is 53.6 Å². The number of quaternary nitrogens is 1. The molecule has 1 amide bonds. The molecule has 34 heavy (non-hydrogen) atoms. The molecule has 6 atom stereocenters. The Bertz CT molecular complexity index is 1180. The summed E-state index contributed by atoms with van der Waals surface area (Å²) in [5, 5.41) is 40.6. The molecule has 5 aliphatic rings. The van der Waals surface area contributed by atoms with Gasteiger partial charge in [-0.15, -0.1) is 0 Å². The highest BCUT2D eigenvalue weighted by atomic mass is 16.6. The molecule has 1 saturated heterocycles. The van der Waals surface area contributed by atoms with Crippen molar-refractivity contribution in [3.63, 3.8) is 0 Å². The van der Waals surface area contributed by atoms with Crippen LogP contribution in [-0.4, -0.2) is 57.6 Å². The number of benzene rings is 2. The molecular weight excluding hydrogens is 432 g/mol. The number of carbonyl (C=O) groups excluding carboxylic acids is 1. The van der Waals surface area contributed by atoms with E-state index < -0.39 is 23.2 Å². The van der Waals surface area contributed by atoms with E-state index >= 15 is 0 Å². The zero-order chi connectivity index (χ0) is 23.3. The zero-order valence-electron chi connectivity index (χ0n) is 19.1. The Kier molecular flexibility index (Phi) is 4.11. The Morgan fingerprint density at radius 2 is 1.94 bits per heavy atom. The molecule has 7 rings (SSSR count). The number of likely N-dealkylation sites (tertiary alicyclic amines) is 1. The van der Waals surface area contributed by atoms with E-state index in [1.54, 1.807) is 18.2 Å². The first-order valence-electron chi connectivity index (χ1n) is 12.5. The molecule has 2 aliphatic heterocycles. The average Bonchev–Trinajstić information content (AvgIpc) is 3.56. The summed E-state index contributed by atoms with van der Waals surface area (Å²) >= 11 is 0. The van der Waals surface area contributed by atoms with E-state index in [0.29, 0.717) is 56.0 Å². The SMILES string of the molecule is O=C(N[C@H]1CC[C@@]2(O)[C@H]3Cc4ccc(O)c5c4C2(CC[N+]3([O-])CC2CC2)[C@H]1O5)c1ccccc1. The van der Waals surface area contributed by atoms with Crippen LogP contribution in [0.4, 0.5) is 0 Å². The minimum atomic E-state index is -1.23. The maximum atomic E-state index is 14.2. The zero-order valence-corrected chi connectivity index (χ0v) is 19.1. The summed E-state index contributed by atoms with van der Waals surface area (Å²) < 4.78 is 6.11. The van der Waals surface area contributed by atoms with E-state index in [2.05, 4.69) is 5.32 Å². The lowest BCUT2D eigenvalue weighted by molar-refractivity contribution is -0.924. The molecule has 3 fully saturated rings. The van der Waals surface area contributed by atoms with Gasteiger partial charge in [-0.25, -0.2) is 0 Å². The maximum absolute atomic E-state index is 14.2. The van der Waals surface area contributed by atoms with Gasteiger partial charge in [-0.05, 0) is 49.4 Å². The van der Waals surface area contributed by atoms with Crippen molar-refractivity contribution < 1.29 is 24.4 Å². The van der Waals surface area contributed by atoms with Gasteiger partial charge in [0.05, 0.1) is 24.5 Å². The number of carbonyl (C=O) groups is 1. The Balaban J connectivity index is 1.33. The van der Waals surface area contributed by atoms with Crippen molar-refractivity contribution in [3.8, 4) is 11.5 Å². The number of amides is 1.